The van der Waals surface area contributed by atoms with E-state index >= 15 is 0 Å². The molecule has 0 atom stereocenters. The maximum absolute atomic E-state index is 13.0. The molecule has 1 aliphatic heterocycles. The molecule has 7 heteroatoms. The number of ether oxygens (including phenoxy) is 1. The summed E-state index contributed by atoms with van der Waals surface area (Å²) in [6.45, 7) is 1.02. The van der Waals surface area contributed by atoms with Gasteiger partial charge in [0.25, 0.3) is 0 Å². The fraction of sp³-hybridized carbons (Fsp3) is 0.286. The van der Waals surface area contributed by atoms with Crippen LogP contribution in [0.3, 0.4) is 0 Å². The van der Waals surface area contributed by atoms with Crippen molar-refractivity contribution in [3.63, 3.8) is 0 Å². The Kier molecular flexibility index (Phi) is 6.49. The van der Waals surface area contributed by atoms with Crippen molar-refractivity contribution in [2.45, 2.75) is 24.2 Å². The first-order chi connectivity index (χ1) is 13.5. The second-order valence-electron chi connectivity index (χ2n) is 6.53. The van der Waals surface area contributed by atoms with Gasteiger partial charge in [0.05, 0.1) is 12.8 Å². The SMILES string of the molecule is COc1ccccc1/C=C/C(=O)Nc1ccccc1S(=O)(=O)N1CCCCC1. The highest BCUT2D eigenvalue weighted by atomic mass is 32.2. The van der Waals surface area contributed by atoms with Crippen LogP contribution in [0.5, 0.6) is 5.75 Å². The predicted octanol–water partition coefficient (Wildman–Crippen LogP) is 3.52. The van der Waals surface area contributed by atoms with Crippen molar-refractivity contribution >= 4 is 27.7 Å². The number of anilines is 1. The van der Waals surface area contributed by atoms with Crippen LogP contribution in [0.15, 0.2) is 59.5 Å². The van der Waals surface area contributed by atoms with Gasteiger partial charge in [0.1, 0.15) is 10.6 Å². The van der Waals surface area contributed by atoms with E-state index in [9.17, 15) is 13.2 Å². The zero-order valence-electron chi connectivity index (χ0n) is 15.8. The summed E-state index contributed by atoms with van der Waals surface area (Å²) in [4.78, 5) is 12.5. The van der Waals surface area contributed by atoms with Gasteiger partial charge < -0.3 is 10.1 Å². The van der Waals surface area contributed by atoms with E-state index in [1.165, 1.54) is 16.4 Å². The van der Waals surface area contributed by atoms with E-state index < -0.39 is 15.9 Å². The maximum atomic E-state index is 13.0. The smallest absolute Gasteiger partial charge is 0.248 e. The zero-order chi connectivity index (χ0) is 20.0. The summed E-state index contributed by atoms with van der Waals surface area (Å²) < 4.78 is 32.7. The molecular weight excluding hydrogens is 376 g/mol. The molecule has 28 heavy (non-hydrogen) atoms. The normalized spacial score (nSPS) is 15.5. The predicted molar refractivity (Wildman–Crippen MR) is 110 cm³/mol. The summed E-state index contributed by atoms with van der Waals surface area (Å²) >= 11 is 0. The Hall–Kier alpha value is -2.64. The summed E-state index contributed by atoms with van der Waals surface area (Å²) in [5.41, 5.74) is 1.04. The summed E-state index contributed by atoms with van der Waals surface area (Å²) in [5, 5.41) is 2.69. The number of benzene rings is 2. The second-order valence-corrected chi connectivity index (χ2v) is 8.43. The molecule has 148 valence electrons. The fourth-order valence-corrected chi connectivity index (χ4v) is 4.85. The number of piperidine rings is 1. The first-order valence-corrected chi connectivity index (χ1v) is 10.7. The van der Waals surface area contributed by atoms with Gasteiger partial charge in [0.15, 0.2) is 0 Å². The standard InChI is InChI=1S/C21H24N2O4S/c1-27-19-11-5-3-9-17(19)13-14-21(24)22-18-10-4-6-12-20(18)28(25,26)23-15-7-2-8-16-23/h3-6,9-14H,2,7-8,15-16H2,1H3,(H,22,24)/b14-13+. The number of hydrogen-bond donors (Lipinski definition) is 1. The molecule has 0 spiro atoms. The molecule has 0 bridgehead atoms. The minimum atomic E-state index is -3.64. The van der Waals surface area contributed by atoms with Crippen molar-refractivity contribution < 1.29 is 17.9 Å². The van der Waals surface area contributed by atoms with Crippen molar-refractivity contribution in [2.75, 3.05) is 25.5 Å². The van der Waals surface area contributed by atoms with E-state index in [0.717, 1.165) is 24.8 Å². The van der Waals surface area contributed by atoms with E-state index in [0.29, 0.717) is 18.8 Å². The van der Waals surface area contributed by atoms with E-state index in [2.05, 4.69) is 5.32 Å². The molecule has 1 amide bonds. The van der Waals surface area contributed by atoms with Crippen LogP contribution in [0.25, 0.3) is 6.08 Å². The molecule has 0 saturated carbocycles. The van der Waals surface area contributed by atoms with Crippen molar-refractivity contribution in [3.05, 3.63) is 60.2 Å². The summed E-state index contributed by atoms with van der Waals surface area (Å²) in [7, 11) is -2.08. The molecule has 3 rings (SSSR count). The van der Waals surface area contributed by atoms with Crippen molar-refractivity contribution in [2.24, 2.45) is 0 Å². The van der Waals surface area contributed by atoms with Crippen molar-refractivity contribution in [1.29, 1.82) is 0 Å². The second kappa shape index (κ2) is 9.03. The third kappa shape index (κ3) is 4.61. The van der Waals surface area contributed by atoms with Gasteiger partial charge in [0, 0.05) is 24.7 Å². The number of carbonyl (C=O) groups is 1. The molecule has 1 saturated heterocycles. The van der Waals surface area contributed by atoms with Gasteiger partial charge in [-0.15, -0.1) is 0 Å². The van der Waals surface area contributed by atoms with Gasteiger partial charge >= 0.3 is 0 Å². The molecule has 1 aliphatic rings. The molecule has 2 aromatic carbocycles. The Morgan fingerprint density at radius 3 is 2.46 bits per heavy atom. The number of sulfonamides is 1. The largest absolute Gasteiger partial charge is 0.496 e. The van der Waals surface area contributed by atoms with E-state index in [1.807, 2.05) is 18.2 Å². The minimum absolute atomic E-state index is 0.121. The molecule has 1 heterocycles. The lowest BCUT2D eigenvalue weighted by molar-refractivity contribution is -0.111. The molecule has 0 radical (unpaired) electrons. The lowest BCUT2D eigenvalue weighted by Gasteiger charge is -2.26. The number of rotatable bonds is 6. The monoisotopic (exact) mass is 400 g/mol. The lowest BCUT2D eigenvalue weighted by Crippen LogP contribution is -2.36. The number of methoxy groups -OCH3 is 1. The molecule has 1 N–H and O–H groups in total. The first kappa shape index (κ1) is 20.1. The number of hydrogen-bond acceptors (Lipinski definition) is 4. The van der Waals surface area contributed by atoms with Crippen LogP contribution in [0, 0.1) is 0 Å². The van der Waals surface area contributed by atoms with Crippen molar-refractivity contribution in [3.8, 4) is 5.75 Å². The first-order valence-electron chi connectivity index (χ1n) is 9.23. The Balaban J connectivity index is 1.79. The number of nitrogens with one attached hydrogen (secondary N) is 1. The van der Waals surface area contributed by atoms with Crippen LogP contribution in [0.4, 0.5) is 5.69 Å². The highest BCUT2D eigenvalue weighted by Crippen LogP contribution is 2.27. The summed E-state index contributed by atoms with van der Waals surface area (Å²) in [6.07, 6.45) is 5.75. The molecule has 6 nitrogen and oxygen atoms in total. The highest BCUT2D eigenvalue weighted by molar-refractivity contribution is 7.89. The number of amides is 1. The van der Waals surface area contributed by atoms with Crippen LogP contribution in [-0.2, 0) is 14.8 Å². The van der Waals surface area contributed by atoms with Gasteiger partial charge in [-0.25, -0.2) is 8.42 Å². The Labute approximate surface area is 165 Å². The summed E-state index contributed by atoms with van der Waals surface area (Å²) in [5.74, 6) is 0.242. The quantitative estimate of drug-likeness (QED) is 0.753. The third-order valence-electron chi connectivity index (χ3n) is 4.63. The van der Waals surface area contributed by atoms with Crippen LogP contribution in [-0.4, -0.2) is 38.8 Å². The van der Waals surface area contributed by atoms with E-state index in [1.54, 1.807) is 37.5 Å². The van der Waals surface area contributed by atoms with E-state index in [-0.39, 0.29) is 10.6 Å². The van der Waals surface area contributed by atoms with Crippen molar-refractivity contribution in [1.82, 2.24) is 4.31 Å². The van der Waals surface area contributed by atoms with Crippen LogP contribution in [0.1, 0.15) is 24.8 Å². The molecule has 1 fully saturated rings. The zero-order valence-corrected chi connectivity index (χ0v) is 16.6. The van der Waals surface area contributed by atoms with Gasteiger partial charge in [-0.2, -0.15) is 4.31 Å². The van der Waals surface area contributed by atoms with Gasteiger partial charge in [0.2, 0.25) is 15.9 Å². The topological polar surface area (TPSA) is 75.7 Å². The Morgan fingerprint density at radius 2 is 1.71 bits per heavy atom. The summed E-state index contributed by atoms with van der Waals surface area (Å²) in [6, 6.07) is 13.8. The van der Waals surface area contributed by atoms with Crippen LogP contribution in [0.2, 0.25) is 0 Å². The molecule has 2 aromatic rings. The number of para-hydroxylation sites is 2. The van der Waals surface area contributed by atoms with Gasteiger partial charge in [-0.3, -0.25) is 4.79 Å². The molecule has 0 aliphatic carbocycles. The average Bonchev–Trinajstić information content (AvgIpc) is 2.73. The Morgan fingerprint density at radius 1 is 1.04 bits per heavy atom. The fourth-order valence-electron chi connectivity index (χ4n) is 3.18. The van der Waals surface area contributed by atoms with Crippen LogP contribution < -0.4 is 10.1 Å². The molecule has 0 unspecified atom stereocenters. The molecule has 0 aromatic heterocycles. The Bertz CT molecular complexity index is 964. The maximum Gasteiger partial charge on any atom is 0.248 e. The number of carbonyl (C=O) groups excluding carboxylic acids is 1. The molecular formula is C21H24N2O4S. The van der Waals surface area contributed by atoms with Crippen LogP contribution >= 0.6 is 0 Å². The average molecular weight is 401 g/mol. The third-order valence-corrected chi connectivity index (χ3v) is 6.59. The van der Waals surface area contributed by atoms with Gasteiger partial charge in [-0.05, 0) is 37.1 Å². The number of nitrogens with zero attached hydrogens (tertiary/aromatic N) is 1. The minimum Gasteiger partial charge on any atom is -0.496 e. The van der Waals surface area contributed by atoms with E-state index in [4.69, 9.17) is 4.74 Å². The lowest BCUT2D eigenvalue weighted by atomic mass is 10.2. The highest BCUT2D eigenvalue weighted by Gasteiger charge is 2.28. The van der Waals surface area contributed by atoms with Gasteiger partial charge in [-0.1, -0.05) is 36.8 Å².